The van der Waals surface area contributed by atoms with Gasteiger partial charge >= 0.3 is 6.18 Å². The van der Waals surface area contributed by atoms with Crippen LogP contribution in [-0.2, 0) is 6.54 Å². The smallest absolute Gasteiger partial charge is 0.312 e. The van der Waals surface area contributed by atoms with E-state index in [4.69, 9.17) is 0 Å². The maximum absolute atomic E-state index is 12.4. The minimum Gasteiger partial charge on any atom is -0.312 e. The Hall–Kier alpha value is -1.38. The summed E-state index contributed by atoms with van der Waals surface area (Å²) in [6.45, 7) is 1.63. The summed E-state index contributed by atoms with van der Waals surface area (Å²) in [5.74, 6) is 0.273. The number of likely N-dealkylation sites (tertiary alicyclic amines) is 1. The number of nitrogens with zero attached hydrogens (tertiary/aromatic N) is 2. The fourth-order valence-electron chi connectivity index (χ4n) is 2.97. The van der Waals surface area contributed by atoms with Crippen molar-refractivity contribution in [3.63, 3.8) is 0 Å². The van der Waals surface area contributed by atoms with Crippen LogP contribution in [0.4, 0.5) is 13.2 Å². The van der Waals surface area contributed by atoms with E-state index < -0.39 is 12.7 Å². The van der Waals surface area contributed by atoms with Crippen molar-refractivity contribution in [1.82, 2.24) is 20.4 Å². The van der Waals surface area contributed by atoms with E-state index in [2.05, 4.69) is 15.5 Å². The van der Waals surface area contributed by atoms with Crippen LogP contribution in [0.1, 0.15) is 12.0 Å². The summed E-state index contributed by atoms with van der Waals surface area (Å²) in [4.78, 5) is 2.62. The van der Waals surface area contributed by atoms with Gasteiger partial charge in [0.15, 0.2) is 0 Å². The van der Waals surface area contributed by atoms with Crippen molar-refractivity contribution in [1.29, 1.82) is 0 Å². The highest BCUT2D eigenvalue weighted by molar-refractivity contribution is 7.13. The molecule has 0 unspecified atom stereocenters. The summed E-state index contributed by atoms with van der Waals surface area (Å²) in [7, 11) is 0. The van der Waals surface area contributed by atoms with Crippen LogP contribution in [0.25, 0.3) is 10.6 Å². The van der Waals surface area contributed by atoms with E-state index in [1.54, 1.807) is 17.5 Å². The summed E-state index contributed by atoms with van der Waals surface area (Å²) >= 11 is 1.65. The van der Waals surface area contributed by atoms with Crippen LogP contribution in [0, 0.1) is 5.92 Å². The lowest BCUT2D eigenvalue weighted by Gasteiger charge is -2.18. The second kappa shape index (κ2) is 7.02. The molecule has 2 aromatic rings. The van der Waals surface area contributed by atoms with Crippen LogP contribution in [0.2, 0.25) is 0 Å². The summed E-state index contributed by atoms with van der Waals surface area (Å²) < 4.78 is 37.2. The number of thiophene rings is 1. The number of alkyl halides is 3. The highest BCUT2D eigenvalue weighted by Crippen LogP contribution is 2.26. The molecule has 23 heavy (non-hydrogen) atoms. The zero-order valence-corrected chi connectivity index (χ0v) is 13.4. The van der Waals surface area contributed by atoms with Gasteiger partial charge in [-0.05, 0) is 36.9 Å². The van der Waals surface area contributed by atoms with Crippen molar-refractivity contribution in [2.75, 3.05) is 26.2 Å². The molecule has 0 radical (unpaired) electrons. The van der Waals surface area contributed by atoms with Crippen LogP contribution >= 0.6 is 11.3 Å². The van der Waals surface area contributed by atoms with Gasteiger partial charge in [0.1, 0.15) is 0 Å². The van der Waals surface area contributed by atoms with E-state index >= 15 is 0 Å². The zero-order chi connectivity index (χ0) is 16.3. The van der Waals surface area contributed by atoms with Crippen molar-refractivity contribution in [3.05, 3.63) is 29.3 Å². The van der Waals surface area contributed by atoms with E-state index in [0.717, 1.165) is 29.1 Å². The average molecular weight is 344 g/mol. The topological polar surface area (TPSA) is 44.0 Å². The van der Waals surface area contributed by atoms with Gasteiger partial charge < -0.3 is 5.32 Å². The molecule has 2 N–H and O–H groups in total. The van der Waals surface area contributed by atoms with Crippen LogP contribution in [0.3, 0.4) is 0 Å². The summed E-state index contributed by atoms with van der Waals surface area (Å²) in [6.07, 6.45) is -1.49. The Morgan fingerprint density at radius 3 is 3.04 bits per heavy atom. The van der Waals surface area contributed by atoms with Gasteiger partial charge in [-0.3, -0.25) is 10.00 Å². The lowest BCUT2D eigenvalue weighted by molar-refractivity contribution is -0.143. The molecule has 3 heterocycles. The van der Waals surface area contributed by atoms with Crippen molar-refractivity contribution in [2.45, 2.75) is 19.1 Å². The Labute approximate surface area is 136 Å². The van der Waals surface area contributed by atoms with Gasteiger partial charge in [-0.2, -0.15) is 18.3 Å². The number of aromatic nitrogens is 2. The first-order chi connectivity index (χ1) is 11.0. The Kier molecular flexibility index (Phi) is 5.03. The van der Waals surface area contributed by atoms with Crippen LogP contribution in [-0.4, -0.2) is 47.5 Å². The lowest BCUT2D eigenvalue weighted by Crippen LogP contribution is -2.33. The molecular formula is C15H19F3N4S. The molecule has 0 aliphatic carbocycles. The monoisotopic (exact) mass is 344 g/mol. The van der Waals surface area contributed by atoms with E-state index in [-0.39, 0.29) is 5.92 Å². The van der Waals surface area contributed by atoms with Crippen molar-refractivity contribution in [3.8, 4) is 10.6 Å². The van der Waals surface area contributed by atoms with Gasteiger partial charge in [-0.25, -0.2) is 0 Å². The molecule has 8 heteroatoms. The molecule has 1 aliphatic heterocycles. The van der Waals surface area contributed by atoms with Gasteiger partial charge in [0.05, 0.1) is 23.3 Å². The zero-order valence-electron chi connectivity index (χ0n) is 12.6. The number of nitrogens with one attached hydrogen (secondary N) is 2. The maximum atomic E-state index is 12.4. The van der Waals surface area contributed by atoms with E-state index in [9.17, 15) is 13.2 Å². The number of H-pyrrole nitrogens is 1. The number of hydrogen-bond donors (Lipinski definition) is 2. The molecule has 1 fully saturated rings. The standard InChI is InChI=1S/C15H19F3N4S/c16-15(17,18)10-22-4-3-11(9-22)6-19-7-12-8-20-21-14(12)13-2-1-5-23-13/h1-2,5,8,11,19H,3-4,6-7,9-10H2,(H,20,21)/t11-/m1/s1. The molecule has 126 valence electrons. The Morgan fingerprint density at radius 2 is 2.30 bits per heavy atom. The molecule has 4 nitrogen and oxygen atoms in total. The van der Waals surface area contributed by atoms with Gasteiger partial charge in [-0.15, -0.1) is 11.3 Å². The van der Waals surface area contributed by atoms with Crippen LogP contribution < -0.4 is 5.32 Å². The highest BCUT2D eigenvalue weighted by atomic mass is 32.1. The maximum Gasteiger partial charge on any atom is 0.401 e. The largest absolute Gasteiger partial charge is 0.401 e. The fraction of sp³-hybridized carbons (Fsp3) is 0.533. The molecule has 2 aromatic heterocycles. The van der Waals surface area contributed by atoms with Crippen LogP contribution in [0.15, 0.2) is 23.7 Å². The van der Waals surface area contributed by atoms with E-state index in [0.29, 0.717) is 19.6 Å². The van der Waals surface area contributed by atoms with Crippen molar-refractivity contribution in [2.24, 2.45) is 5.92 Å². The summed E-state index contributed by atoms with van der Waals surface area (Å²) in [5, 5.41) is 12.5. The van der Waals surface area contributed by atoms with E-state index in [1.165, 1.54) is 4.90 Å². The molecular weight excluding hydrogens is 325 g/mol. The summed E-state index contributed by atoms with van der Waals surface area (Å²) in [5.41, 5.74) is 2.09. The molecule has 0 saturated carbocycles. The van der Waals surface area contributed by atoms with Crippen molar-refractivity contribution < 1.29 is 13.2 Å². The second-order valence-electron chi connectivity index (χ2n) is 5.88. The quantitative estimate of drug-likeness (QED) is 0.846. The number of aromatic amines is 1. The normalized spacial score (nSPS) is 19.5. The minimum absolute atomic E-state index is 0.273. The Morgan fingerprint density at radius 1 is 1.43 bits per heavy atom. The van der Waals surface area contributed by atoms with Gasteiger partial charge in [0.25, 0.3) is 0 Å². The van der Waals surface area contributed by atoms with Crippen molar-refractivity contribution >= 4 is 11.3 Å². The molecule has 3 rings (SSSR count). The fourth-order valence-corrected chi connectivity index (χ4v) is 3.72. The SMILES string of the molecule is FC(F)(F)CN1CC[C@H](CNCc2cn[nH]c2-c2cccs2)C1. The second-order valence-corrected chi connectivity index (χ2v) is 6.83. The Balaban J connectivity index is 1.45. The Bertz CT molecular complexity index is 609. The number of halogens is 3. The molecule has 0 spiro atoms. The predicted octanol–water partition coefficient (Wildman–Crippen LogP) is 3.11. The van der Waals surface area contributed by atoms with Gasteiger partial charge in [0, 0.05) is 18.7 Å². The highest BCUT2D eigenvalue weighted by Gasteiger charge is 2.34. The predicted molar refractivity (Wildman–Crippen MR) is 84.2 cm³/mol. The lowest BCUT2D eigenvalue weighted by atomic mass is 10.1. The van der Waals surface area contributed by atoms with Crippen LogP contribution in [0.5, 0.6) is 0 Å². The third-order valence-electron chi connectivity index (χ3n) is 4.01. The minimum atomic E-state index is -4.10. The number of hydrogen-bond acceptors (Lipinski definition) is 4. The molecule has 0 aromatic carbocycles. The first kappa shape index (κ1) is 16.5. The summed E-state index contributed by atoms with van der Waals surface area (Å²) in [6, 6.07) is 4.03. The van der Waals surface area contributed by atoms with Gasteiger partial charge in [-0.1, -0.05) is 6.07 Å². The molecule has 1 saturated heterocycles. The molecule has 1 atom stereocenters. The average Bonchev–Trinajstić information content (AvgIpc) is 3.17. The van der Waals surface area contributed by atoms with Gasteiger partial charge in [0.2, 0.25) is 0 Å². The third-order valence-corrected chi connectivity index (χ3v) is 4.89. The third kappa shape index (κ3) is 4.55. The first-order valence-corrected chi connectivity index (χ1v) is 8.45. The molecule has 1 aliphatic rings. The number of rotatable bonds is 6. The molecule has 0 amide bonds. The van der Waals surface area contributed by atoms with E-state index in [1.807, 2.05) is 17.5 Å². The first-order valence-electron chi connectivity index (χ1n) is 7.57. The molecule has 0 bridgehead atoms.